The fourth-order valence-corrected chi connectivity index (χ4v) is 2.90. The molecule has 0 fully saturated rings. The van der Waals surface area contributed by atoms with Gasteiger partial charge in [-0.2, -0.15) is 0 Å². The first-order valence-corrected chi connectivity index (χ1v) is 7.38. The van der Waals surface area contributed by atoms with Crippen molar-refractivity contribution in [1.29, 1.82) is 0 Å². The van der Waals surface area contributed by atoms with E-state index < -0.39 is 0 Å². The fraction of sp³-hybridized carbons (Fsp3) is 0.214. The van der Waals surface area contributed by atoms with E-state index >= 15 is 0 Å². The minimum absolute atomic E-state index is 0.0346. The van der Waals surface area contributed by atoms with E-state index in [0.29, 0.717) is 5.02 Å². The molecule has 5 heteroatoms. The second-order valence-corrected chi connectivity index (χ2v) is 5.88. The highest BCUT2D eigenvalue weighted by Crippen LogP contribution is 2.28. The van der Waals surface area contributed by atoms with E-state index in [1.165, 1.54) is 0 Å². The van der Waals surface area contributed by atoms with Crippen LogP contribution in [0.5, 0.6) is 0 Å². The van der Waals surface area contributed by atoms with Gasteiger partial charge in [0.2, 0.25) is 0 Å². The zero-order valence-electron chi connectivity index (χ0n) is 10.3. The second-order valence-electron chi connectivity index (χ2n) is 4.15. The first-order valence-electron chi connectivity index (χ1n) is 5.83. The van der Waals surface area contributed by atoms with E-state index in [2.05, 4.69) is 26.2 Å². The highest BCUT2D eigenvalue weighted by Gasteiger charge is 2.16. The number of hydrogen-bond acceptors (Lipinski definition) is 2. The van der Waals surface area contributed by atoms with Crippen LogP contribution in [0.15, 0.2) is 41.0 Å². The average molecular weight is 360 g/mol. The minimum atomic E-state index is 0.0346. The maximum absolute atomic E-state index is 6.25. The smallest absolute Gasteiger partial charge is 0.0762 e. The molecule has 0 amide bonds. The van der Waals surface area contributed by atoms with Crippen LogP contribution in [0.2, 0.25) is 10.0 Å². The van der Waals surface area contributed by atoms with Crippen molar-refractivity contribution in [2.24, 2.45) is 0 Å². The van der Waals surface area contributed by atoms with Crippen LogP contribution in [0.25, 0.3) is 0 Å². The van der Waals surface area contributed by atoms with Crippen molar-refractivity contribution < 1.29 is 0 Å². The van der Waals surface area contributed by atoms with Crippen LogP contribution < -0.4 is 5.32 Å². The molecule has 2 aromatic rings. The van der Waals surface area contributed by atoms with Crippen molar-refractivity contribution in [3.05, 3.63) is 62.3 Å². The van der Waals surface area contributed by atoms with Gasteiger partial charge in [-0.15, -0.1) is 0 Å². The van der Waals surface area contributed by atoms with Gasteiger partial charge in [0.25, 0.3) is 0 Å². The zero-order valence-corrected chi connectivity index (χ0v) is 13.4. The van der Waals surface area contributed by atoms with Gasteiger partial charge in [0, 0.05) is 15.7 Å². The Bertz CT molecular complexity index is 575. The molecular weight excluding hydrogens is 347 g/mol. The Labute approximate surface area is 131 Å². The van der Waals surface area contributed by atoms with E-state index in [1.807, 2.05) is 37.4 Å². The van der Waals surface area contributed by atoms with E-state index in [9.17, 15) is 0 Å². The molecule has 100 valence electrons. The number of nitrogens with one attached hydrogen (secondary N) is 1. The lowest BCUT2D eigenvalue weighted by molar-refractivity contribution is 0.576. The summed E-state index contributed by atoms with van der Waals surface area (Å²) in [4.78, 5) is 4.35. The molecule has 1 aromatic carbocycles. The van der Waals surface area contributed by atoms with Gasteiger partial charge >= 0.3 is 0 Å². The predicted octanol–water partition coefficient (Wildman–Crippen LogP) is 4.65. The Morgan fingerprint density at radius 1 is 1.26 bits per heavy atom. The van der Waals surface area contributed by atoms with E-state index in [1.54, 1.807) is 6.20 Å². The average Bonchev–Trinajstić information content (AvgIpc) is 2.39. The van der Waals surface area contributed by atoms with Crippen molar-refractivity contribution in [3.8, 4) is 0 Å². The lowest BCUT2D eigenvalue weighted by atomic mass is 10.0. The van der Waals surface area contributed by atoms with Gasteiger partial charge in [-0.1, -0.05) is 45.2 Å². The number of rotatable bonds is 4. The molecule has 0 radical (unpaired) electrons. The molecule has 2 rings (SSSR count). The van der Waals surface area contributed by atoms with Gasteiger partial charge in [0.1, 0.15) is 0 Å². The molecule has 1 aromatic heterocycles. The summed E-state index contributed by atoms with van der Waals surface area (Å²) < 4.78 is 0.970. The van der Waals surface area contributed by atoms with Crippen molar-refractivity contribution in [3.63, 3.8) is 0 Å². The molecular formula is C14H13BrCl2N2. The van der Waals surface area contributed by atoms with Crippen LogP contribution >= 0.6 is 39.1 Å². The summed E-state index contributed by atoms with van der Waals surface area (Å²) in [6, 6.07) is 9.58. The standard InChI is InChI=1S/C14H13BrCl2N2/c1-18-13(14-11(16)3-2-6-19-14)7-9-4-5-10(15)8-12(9)17/h2-6,8,13,18H,7H2,1H3. The van der Waals surface area contributed by atoms with Crippen LogP contribution in [0.3, 0.4) is 0 Å². The van der Waals surface area contributed by atoms with Crippen molar-refractivity contribution in [2.45, 2.75) is 12.5 Å². The summed E-state index contributed by atoms with van der Waals surface area (Å²) in [5.74, 6) is 0. The first kappa shape index (κ1) is 14.8. The zero-order chi connectivity index (χ0) is 13.8. The highest BCUT2D eigenvalue weighted by molar-refractivity contribution is 9.10. The summed E-state index contributed by atoms with van der Waals surface area (Å²) in [6.45, 7) is 0. The number of pyridine rings is 1. The molecule has 0 aliphatic carbocycles. The Hall–Kier alpha value is -0.610. The van der Waals surface area contributed by atoms with E-state index in [-0.39, 0.29) is 6.04 Å². The monoisotopic (exact) mass is 358 g/mol. The molecule has 0 saturated heterocycles. The fourth-order valence-electron chi connectivity index (χ4n) is 1.90. The summed E-state index contributed by atoms with van der Waals surface area (Å²) >= 11 is 15.8. The molecule has 0 bridgehead atoms. The van der Waals surface area contributed by atoms with Crippen LogP contribution in [-0.4, -0.2) is 12.0 Å². The molecule has 19 heavy (non-hydrogen) atoms. The summed E-state index contributed by atoms with van der Waals surface area (Å²) in [5, 5.41) is 4.63. The van der Waals surface area contributed by atoms with Crippen LogP contribution in [-0.2, 0) is 6.42 Å². The van der Waals surface area contributed by atoms with Gasteiger partial charge in [-0.3, -0.25) is 4.98 Å². The molecule has 0 saturated carbocycles. The molecule has 0 spiro atoms. The first-order chi connectivity index (χ1) is 9.11. The van der Waals surface area contributed by atoms with Crippen LogP contribution in [0.4, 0.5) is 0 Å². The van der Waals surface area contributed by atoms with E-state index in [0.717, 1.165) is 27.2 Å². The van der Waals surface area contributed by atoms with E-state index in [4.69, 9.17) is 23.2 Å². The second kappa shape index (κ2) is 6.71. The maximum Gasteiger partial charge on any atom is 0.0762 e. The highest BCUT2D eigenvalue weighted by atomic mass is 79.9. The van der Waals surface area contributed by atoms with Crippen LogP contribution in [0.1, 0.15) is 17.3 Å². The molecule has 0 aliphatic rings. The molecule has 1 unspecified atom stereocenters. The number of aromatic nitrogens is 1. The third kappa shape index (κ3) is 3.69. The van der Waals surface area contributed by atoms with Crippen molar-refractivity contribution in [1.82, 2.24) is 10.3 Å². The minimum Gasteiger partial charge on any atom is -0.311 e. The third-order valence-corrected chi connectivity index (χ3v) is 4.07. The van der Waals surface area contributed by atoms with Crippen molar-refractivity contribution in [2.75, 3.05) is 7.05 Å². The Kier molecular flexibility index (Phi) is 5.22. The predicted molar refractivity (Wildman–Crippen MR) is 83.9 cm³/mol. The Morgan fingerprint density at radius 2 is 2.05 bits per heavy atom. The number of halogens is 3. The number of hydrogen-bond donors (Lipinski definition) is 1. The normalized spacial score (nSPS) is 12.4. The number of benzene rings is 1. The van der Waals surface area contributed by atoms with Gasteiger partial charge in [0.05, 0.1) is 16.8 Å². The Balaban J connectivity index is 2.27. The third-order valence-electron chi connectivity index (χ3n) is 2.90. The molecule has 1 atom stereocenters. The van der Waals surface area contributed by atoms with Gasteiger partial charge in [-0.05, 0) is 43.3 Å². The lowest BCUT2D eigenvalue weighted by Crippen LogP contribution is -2.20. The van der Waals surface area contributed by atoms with Crippen molar-refractivity contribution >= 4 is 39.1 Å². The van der Waals surface area contributed by atoms with Gasteiger partial charge < -0.3 is 5.32 Å². The maximum atomic E-state index is 6.25. The van der Waals surface area contributed by atoms with Gasteiger partial charge in [0.15, 0.2) is 0 Å². The molecule has 2 nitrogen and oxygen atoms in total. The quantitative estimate of drug-likeness (QED) is 0.859. The van der Waals surface area contributed by atoms with Gasteiger partial charge in [-0.25, -0.2) is 0 Å². The summed E-state index contributed by atoms with van der Waals surface area (Å²) in [6.07, 6.45) is 2.48. The number of nitrogens with zero attached hydrogens (tertiary/aromatic N) is 1. The Morgan fingerprint density at radius 3 is 2.68 bits per heavy atom. The lowest BCUT2D eigenvalue weighted by Gasteiger charge is -2.17. The van der Waals surface area contributed by atoms with Crippen LogP contribution in [0, 0.1) is 0 Å². The number of likely N-dealkylation sites (N-methyl/N-ethyl adjacent to an activating group) is 1. The largest absolute Gasteiger partial charge is 0.311 e. The molecule has 1 heterocycles. The molecule has 0 aliphatic heterocycles. The summed E-state index contributed by atoms with van der Waals surface area (Å²) in [5.41, 5.74) is 1.90. The molecule has 1 N–H and O–H groups in total. The topological polar surface area (TPSA) is 24.9 Å². The SMILES string of the molecule is CNC(Cc1ccc(Br)cc1Cl)c1ncccc1Cl. The summed E-state index contributed by atoms with van der Waals surface area (Å²) in [7, 11) is 1.89.